The molecule has 0 aliphatic rings. The normalized spacial score (nSPS) is 14.4. The Balaban J connectivity index is 2.45. The van der Waals surface area contributed by atoms with Gasteiger partial charge in [-0.05, 0) is 20.3 Å². The summed E-state index contributed by atoms with van der Waals surface area (Å²) in [6.45, 7) is 6.67. The van der Waals surface area contributed by atoms with Gasteiger partial charge in [0, 0.05) is 31.4 Å². The molecule has 1 aromatic rings. The molecule has 5 heteroatoms. The predicted molar refractivity (Wildman–Crippen MR) is 67.5 cm³/mol. The Morgan fingerprint density at radius 3 is 2.76 bits per heavy atom. The summed E-state index contributed by atoms with van der Waals surface area (Å²) in [6, 6.07) is -0.0807. The molecule has 0 aliphatic heterocycles. The van der Waals surface area contributed by atoms with Crippen LogP contribution in [0.5, 0.6) is 0 Å². The van der Waals surface area contributed by atoms with Crippen molar-refractivity contribution in [2.75, 3.05) is 6.54 Å². The molecule has 0 saturated heterocycles. The van der Waals surface area contributed by atoms with E-state index in [1.807, 2.05) is 40.2 Å². The highest BCUT2D eigenvalue weighted by Crippen LogP contribution is 2.10. The van der Waals surface area contributed by atoms with Gasteiger partial charge in [0.2, 0.25) is 5.91 Å². The minimum atomic E-state index is -0.197. The van der Waals surface area contributed by atoms with E-state index in [4.69, 9.17) is 0 Å². The molecule has 0 spiro atoms. The third kappa shape index (κ3) is 4.19. The summed E-state index contributed by atoms with van der Waals surface area (Å²) in [5, 5.41) is 10.2. The van der Waals surface area contributed by atoms with Crippen LogP contribution in [0.3, 0.4) is 0 Å². The molecule has 1 rings (SSSR count). The number of carbonyl (C=O) groups excluding carboxylic acids is 1. The van der Waals surface area contributed by atoms with Crippen LogP contribution in [-0.4, -0.2) is 28.3 Å². The van der Waals surface area contributed by atoms with Gasteiger partial charge in [0.25, 0.3) is 0 Å². The molecule has 96 valence electrons. The maximum atomic E-state index is 11.7. The Bertz CT molecular complexity index is 361. The van der Waals surface area contributed by atoms with Gasteiger partial charge in [-0.25, -0.2) is 0 Å². The van der Waals surface area contributed by atoms with Crippen LogP contribution in [0.15, 0.2) is 12.4 Å². The quantitative estimate of drug-likeness (QED) is 0.777. The van der Waals surface area contributed by atoms with Gasteiger partial charge in [-0.1, -0.05) is 6.92 Å². The van der Waals surface area contributed by atoms with E-state index < -0.39 is 0 Å². The van der Waals surface area contributed by atoms with Gasteiger partial charge in [0.1, 0.15) is 0 Å². The summed E-state index contributed by atoms with van der Waals surface area (Å²) in [6.07, 6.45) is 4.72. The number of aryl methyl sites for hydroxylation is 1. The maximum Gasteiger partial charge on any atom is 0.236 e. The smallest absolute Gasteiger partial charge is 0.236 e. The van der Waals surface area contributed by atoms with Crippen molar-refractivity contribution < 1.29 is 4.79 Å². The third-order valence-electron chi connectivity index (χ3n) is 2.67. The highest BCUT2D eigenvalue weighted by atomic mass is 16.2. The van der Waals surface area contributed by atoms with E-state index in [1.165, 1.54) is 0 Å². The van der Waals surface area contributed by atoms with E-state index in [1.54, 1.807) is 4.68 Å². The van der Waals surface area contributed by atoms with E-state index in [9.17, 15) is 4.79 Å². The minimum Gasteiger partial charge on any atom is -0.355 e. The number of nitrogens with one attached hydrogen (secondary N) is 2. The van der Waals surface area contributed by atoms with Crippen molar-refractivity contribution in [2.45, 2.75) is 39.3 Å². The van der Waals surface area contributed by atoms with Crippen molar-refractivity contribution in [3.05, 3.63) is 18.0 Å². The Morgan fingerprint density at radius 2 is 2.24 bits per heavy atom. The molecule has 5 nitrogen and oxygen atoms in total. The average Bonchev–Trinajstić information content (AvgIpc) is 2.72. The van der Waals surface area contributed by atoms with Gasteiger partial charge in [-0.3, -0.25) is 14.8 Å². The van der Waals surface area contributed by atoms with E-state index in [2.05, 4.69) is 15.7 Å². The molecule has 0 fully saturated rings. The summed E-state index contributed by atoms with van der Waals surface area (Å²) >= 11 is 0. The Kier molecular flexibility index (Phi) is 5.15. The second kappa shape index (κ2) is 6.39. The monoisotopic (exact) mass is 238 g/mol. The molecule has 0 bridgehead atoms. The lowest BCUT2D eigenvalue weighted by Gasteiger charge is -2.18. The van der Waals surface area contributed by atoms with Crippen molar-refractivity contribution in [1.29, 1.82) is 0 Å². The molecule has 1 heterocycles. The van der Waals surface area contributed by atoms with Crippen LogP contribution < -0.4 is 10.6 Å². The van der Waals surface area contributed by atoms with Crippen LogP contribution in [0.4, 0.5) is 0 Å². The Labute approximate surface area is 103 Å². The fourth-order valence-electron chi connectivity index (χ4n) is 1.61. The minimum absolute atomic E-state index is 0.0441. The van der Waals surface area contributed by atoms with Gasteiger partial charge in [0.15, 0.2) is 0 Å². The summed E-state index contributed by atoms with van der Waals surface area (Å²) in [7, 11) is 1.88. The van der Waals surface area contributed by atoms with Crippen LogP contribution in [0.25, 0.3) is 0 Å². The molecule has 2 unspecified atom stereocenters. The van der Waals surface area contributed by atoms with Crippen molar-refractivity contribution in [3.63, 3.8) is 0 Å². The summed E-state index contributed by atoms with van der Waals surface area (Å²) in [5.41, 5.74) is 1.09. The van der Waals surface area contributed by atoms with Crippen LogP contribution >= 0.6 is 0 Å². The van der Waals surface area contributed by atoms with Crippen molar-refractivity contribution in [3.8, 4) is 0 Å². The zero-order chi connectivity index (χ0) is 12.8. The SMILES string of the molecule is CCCNC(=O)C(C)NC(C)c1cnn(C)c1. The maximum absolute atomic E-state index is 11.7. The molecule has 1 aromatic heterocycles. The Morgan fingerprint density at radius 1 is 1.53 bits per heavy atom. The fraction of sp³-hybridized carbons (Fsp3) is 0.667. The molecule has 0 saturated carbocycles. The fourth-order valence-corrected chi connectivity index (χ4v) is 1.61. The van der Waals surface area contributed by atoms with Crippen molar-refractivity contribution in [2.24, 2.45) is 7.05 Å². The van der Waals surface area contributed by atoms with E-state index in [0.29, 0.717) is 0 Å². The summed E-state index contributed by atoms with van der Waals surface area (Å²) in [4.78, 5) is 11.7. The largest absolute Gasteiger partial charge is 0.355 e. The number of aromatic nitrogens is 2. The molecular formula is C12H22N4O. The molecular weight excluding hydrogens is 216 g/mol. The molecule has 0 radical (unpaired) electrons. The molecule has 0 aromatic carbocycles. The number of rotatable bonds is 6. The third-order valence-corrected chi connectivity index (χ3v) is 2.67. The second-order valence-corrected chi connectivity index (χ2v) is 4.35. The van der Waals surface area contributed by atoms with Crippen LogP contribution in [0.2, 0.25) is 0 Å². The van der Waals surface area contributed by atoms with E-state index in [0.717, 1.165) is 18.5 Å². The molecule has 0 aliphatic carbocycles. The standard InChI is InChI=1S/C12H22N4O/c1-5-6-13-12(17)10(3)15-9(2)11-7-14-16(4)8-11/h7-10,15H,5-6H2,1-4H3,(H,13,17). The first-order chi connectivity index (χ1) is 8.04. The van der Waals surface area contributed by atoms with Crippen molar-refractivity contribution >= 4 is 5.91 Å². The van der Waals surface area contributed by atoms with Gasteiger partial charge >= 0.3 is 0 Å². The average molecular weight is 238 g/mol. The van der Waals surface area contributed by atoms with E-state index >= 15 is 0 Å². The highest BCUT2D eigenvalue weighted by Gasteiger charge is 2.16. The molecule has 2 N–H and O–H groups in total. The molecule has 17 heavy (non-hydrogen) atoms. The van der Waals surface area contributed by atoms with Crippen molar-refractivity contribution in [1.82, 2.24) is 20.4 Å². The Hall–Kier alpha value is -1.36. The van der Waals surface area contributed by atoms with Gasteiger partial charge in [-0.2, -0.15) is 5.10 Å². The number of nitrogens with zero attached hydrogens (tertiary/aromatic N) is 2. The first-order valence-electron chi connectivity index (χ1n) is 6.07. The number of hydrogen-bond donors (Lipinski definition) is 2. The van der Waals surface area contributed by atoms with Gasteiger partial charge < -0.3 is 5.32 Å². The number of carbonyl (C=O) groups is 1. The lowest BCUT2D eigenvalue weighted by molar-refractivity contribution is -0.122. The first-order valence-corrected chi connectivity index (χ1v) is 6.07. The first kappa shape index (κ1) is 13.7. The number of hydrogen-bond acceptors (Lipinski definition) is 3. The summed E-state index contributed by atoms with van der Waals surface area (Å²) in [5.74, 6) is 0.0441. The molecule has 1 amide bonds. The highest BCUT2D eigenvalue weighted by molar-refractivity contribution is 5.81. The van der Waals surface area contributed by atoms with Crippen LogP contribution in [0.1, 0.15) is 38.8 Å². The summed E-state index contributed by atoms with van der Waals surface area (Å²) < 4.78 is 1.76. The topological polar surface area (TPSA) is 59.0 Å². The van der Waals surface area contributed by atoms with Gasteiger partial charge in [0.05, 0.1) is 12.2 Å². The number of amides is 1. The lowest BCUT2D eigenvalue weighted by atomic mass is 10.1. The predicted octanol–water partition coefficient (Wildman–Crippen LogP) is 0.985. The van der Waals surface area contributed by atoms with E-state index in [-0.39, 0.29) is 18.0 Å². The zero-order valence-electron chi connectivity index (χ0n) is 11.0. The molecule has 2 atom stereocenters. The van der Waals surface area contributed by atoms with Crippen LogP contribution in [0, 0.1) is 0 Å². The zero-order valence-corrected chi connectivity index (χ0v) is 11.0. The van der Waals surface area contributed by atoms with Gasteiger partial charge in [-0.15, -0.1) is 0 Å². The van der Waals surface area contributed by atoms with Crippen LogP contribution in [-0.2, 0) is 11.8 Å². The lowest BCUT2D eigenvalue weighted by Crippen LogP contribution is -2.43. The second-order valence-electron chi connectivity index (χ2n) is 4.35.